The molecular formula is C19H16Cl2N3O2+. The summed E-state index contributed by atoms with van der Waals surface area (Å²) in [5, 5.41) is 5.58. The van der Waals surface area contributed by atoms with Gasteiger partial charge in [-0.3, -0.25) is 4.98 Å². The molecule has 1 unspecified atom stereocenters. The van der Waals surface area contributed by atoms with Gasteiger partial charge in [0, 0.05) is 21.2 Å². The van der Waals surface area contributed by atoms with Gasteiger partial charge in [0.15, 0.2) is 6.04 Å². The molecule has 2 heterocycles. The van der Waals surface area contributed by atoms with Crippen LogP contribution >= 0.6 is 23.2 Å². The maximum absolute atomic E-state index is 6.20. The van der Waals surface area contributed by atoms with E-state index < -0.39 is 0 Å². The third kappa shape index (κ3) is 3.41. The molecule has 3 aromatic rings. The van der Waals surface area contributed by atoms with Gasteiger partial charge in [0.25, 0.3) is 0 Å². The Morgan fingerprint density at radius 2 is 2.12 bits per heavy atom. The summed E-state index contributed by atoms with van der Waals surface area (Å²) in [6, 6.07) is 13.0. The second kappa shape index (κ2) is 7.40. The molecule has 1 aliphatic rings. The number of aromatic nitrogens is 2. The lowest BCUT2D eigenvalue weighted by Gasteiger charge is -2.24. The zero-order valence-electron chi connectivity index (χ0n) is 13.7. The molecule has 0 aliphatic carbocycles. The van der Waals surface area contributed by atoms with Gasteiger partial charge < -0.3 is 9.57 Å². The predicted octanol–water partition coefficient (Wildman–Crippen LogP) is 4.16. The molecule has 0 spiro atoms. The van der Waals surface area contributed by atoms with Crippen LogP contribution in [0.25, 0.3) is 0 Å². The van der Waals surface area contributed by atoms with Gasteiger partial charge in [-0.15, -0.1) is 0 Å². The van der Waals surface area contributed by atoms with E-state index in [4.69, 9.17) is 32.8 Å². The van der Waals surface area contributed by atoms with Crippen molar-refractivity contribution in [3.8, 4) is 5.75 Å². The quantitative estimate of drug-likeness (QED) is 0.538. The molecular weight excluding hydrogens is 373 g/mol. The number of nitrogens with zero attached hydrogens (tertiary/aromatic N) is 2. The van der Waals surface area contributed by atoms with Crippen LogP contribution in [0.4, 0.5) is 0 Å². The highest BCUT2D eigenvalue weighted by Crippen LogP contribution is 2.28. The van der Waals surface area contributed by atoms with Crippen LogP contribution in [0.2, 0.25) is 10.0 Å². The highest BCUT2D eigenvalue weighted by molar-refractivity contribution is 6.35. The molecule has 0 fully saturated rings. The van der Waals surface area contributed by atoms with Crippen LogP contribution in [0, 0.1) is 0 Å². The van der Waals surface area contributed by atoms with Gasteiger partial charge in [-0.1, -0.05) is 46.6 Å². The second-order valence-corrected chi connectivity index (χ2v) is 6.71. The smallest absolute Gasteiger partial charge is 0.242 e. The number of ether oxygens (including phenoxy) is 1. The van der Waals surface area contributed by atoms with Crippen molar-refractivity contribution in [2.45, 2.75) is 12.6 Å². The van der Waals surface area contributed by atoms with Crippen molar-refractivity contribution >= 4 is 28.9 Å². The lowest BCUT2D eigenvalue weighted by Crippen LogP contribution is -2.48. The van der Waals surface area contributed by atoms with E-state index in [1.54, 1.807) is 12.1 Å². The number of rotatable bonds is 4. The summed E-state index contributed by atoms with van der Waals surface area (Å²) in [7, 11) is 0. The number of imidazole rings is 1. The maximum atomic E-state index is 6.20. The summed E-state index contributed by atoms with van der Waals surface area (Å²) in [6.45, 7) is 0.733. The minimum absolute atomic E-state index is 0.0863. The number of fused-ring (bicyclic) bond motifs is 1. The molecule has 0 saturated heterocycles. The Morgan fingerprint density at radius 3 is 2.92 bits per heavy atom. The van der Waals surface area contributed by atoms with Gasteiger partial charge in [0.2, 0.25) is 6.33 Å². The molecule has 5 nitrogen and oxygen atoms in total. The van der Waals surface area contributed by atoms with Crippen LogP contribution in [0.5, 0.6) is 5.75 Å². The average molecular weight is 389 g/mol. The van der Waals surface area contributed by atoms with E-state index in [0.717, 1.165) is 22.6 Å². The van der Waals surface area contributed by atoms with E-state index >= 15 is 0 Å². The van der Waals surface area contributed by atoms with Gasteiger partial charge >= 0.3 is 0 Å². The van der Waals surface area contributed by atoms with Gasteiger partial charge in [0.1, 0.15) is 37.1 Å². The fraction of sp³-hybridized carbons (Fsp3) is 0.158. The first-order valence-electron chi connectivity index (χ1n) is 8.12. The number of halogens is 2. The van der Waals surface area contributed by atoms with Crippen LogP contribution in [-0.2, 0) is 11.4 Å². The Balaban J connectivity index is 1.62. The van der Waals surface area contributed by atoms with Crippen LogP contribution in [-0.4, -0.2) is 17.3 Å². The summed E-state index contributed by atoms with van der Waals surface area (Å²) in [5.74, 6) is 0.798. The molecule has 132 valence electrons. The predicted molar refractivity (Wildman–Crippen MR) is 99.7 cm³/mol. The summed E-state index contributed by atoms with van der Waals surface area (Å²) in [5.41, 5.74) is 2.55. The van der Waals surface area contributed by atoms with Crippen molar-refractivity contribution < 1.29 is 14.1 Å². The zero-order valence-corrected chi connectivity index (χ0v) is 15.2. The largest absolute Gasteiger partial charge is 0.488 e. The van der Waals surface area contributed by atoms with Gasteiger partial charge in [-0.2, -0.15) is 0 Å². The molecule has 0 amide bonds. The average Bonchev–Trinajstić information content (AvgIpc) is 3.18. The molecule has 1 aliphatic heterocycles. The maximum Gasteiger partial charge on any atom is 0.242 e. The number of H-pyrrole nitrogens is 1. The molecule has 2 aromatic carbocycles. The van der Waals surface area contributed by atoms with Crippen LogP contribution in [0.15, 0.2) is 66.3 Å². The first kappa shape index (κ1) is 16.9. The van der Waals surface area contributed by atoms with E-state index in [1.807, 2.05) is 53.6 Å². The molecule has 0 bridgehead atoms. The number of hydrogen-bond acceptors (Lipinski definition) is 3. The lowest BCUT2D eigenvalue weighted by molar-refractivity contribution is -0.706. The molecule has 0 radical (unpaired) electrons. The molecule has 0 saturated carbocycles. The topological polar surface area (TPSA) is 50.5 Å². The van der Waals surface area contributed by atoms with E-state index in [1.165, 1.54) is 0 Å². The molecule has 1 N–H and O–H groups in total. The molecule has 1 aromatic heterocycles. The standard InChI is InChI=1S/C19H15Cl2N3O2/c20-14-6-5-13(16(21)9-14)10-26-23-19-15-3-1-2-4-18(15)25-11-17(19)24-8-7-22-12-24/h1-9,12,17H,10-11H2/p+1/b23-19-. The van der Waals surface area contributed by atoms with Crippen LogP contribution in [0.3, 0.4) is 0 Å². The third-order valence-electron chi connectivity index (χ3n) is 4.20. The molecule has 26 heavy (non-hydrogen) atoms. The van der Waals surface area contributed by atoms with Crippen molar-refractivity contribution in [2.24, 2.45) is 5.16 Å². The fourth-order valence-corrected chi connectivity index (χ4v) is 3.34. The molecule has 4 rings (SSSR count). The minimum atomic E-state index is -0.0863. The summed E-state index contributed by atoms with van der Waals surface area (Å²) in [4.78, 5) is 8.69. The van der Waals surface area contributed by atoms with Crippen LogP contribution in [0.1, 0.15) is 17.2 Å². The Labute approximate surface area is 160 Å². The van der Waals surface area contributed by atoms with Crippen molar-refractivity contribution in [2.75, 3.05) is 6.61 Å². The lowest BCUT2D eigenvalue weighted by atomic mass is 10.00. The number of hydrogen-bond donors (Lipinski definition) is 1. The minimum Gasteiger partial charge on any atom is -0.488 e. The SMILES string of the molecule is Clc1ccc(CO/N=C2/c3ccccc3OCC2[n+]2cc[nH]c2)c(Cl)c1. The monoisotopic (exact) mass is 388 g/mol. The van der Waals surface area contributed by atoms with E-state index in [2.05, 4.69) is 10.1 Å². The first-order valence-corrected chi connectivity index (χ1v) is 8.87. The van der Waals surface area contributed by atoms with E-state index in [-0.39, 0.29) is 12.6 Å². The highest BCUT2D eigenvalue weighted by atomic mass is 35.5. The van der Waals surface area contributed by atoms with Crippen molar-refractivity contribution in [3.05, 3.63) is 82.4 Å². The number of aromatic amines is 1. The zero-order chi connectivity index (χ0) is 17.9. The Morgan fingerprint density at radius 1 is 1.23 bits per heavy atom. The normalized spacial score (nSPS) is 17.6. The first-order chi connectivity index (χ1) is 12.7. The molecule has 1 atom stereocenters. The summed E-state index contributed by atoms with van der Waals surface area (Å²) >= 11 is 12.1. The van der Waals surface area contributed by atoms with Crippen LogP contribution < -0.4 is 9.30 Å². The van der Waals surface area contributed by atoms with Crippen molar-refractivity contribution in [1.29, 1.82) is 0 Å². The van der Waals surface area contributed by atoms with Crippen molar-refractivity contribution in [3.63, 3.8) is 0 Å². The van der Waals surface area contributed by atoms with E-state index in [9.17, 15) is 0 Å². The second-order valence-electron chi connectivity index (χ2n) is 5.87. The summed E-state index contributed by atoms with van der Waals surface area (Å²) in [6.07, 6.45) is 5.66. The fourth-order valence-electron chi connectivity index (χ4n) is 2.87. The van der Waals surface area contributed by atoms with E-state index in [0.29, 0.717) is 16.7 Å². The number of oxime groups is 1. The Bertz CT molecular complexity index is 942. The number of nitrogens with one attached hydrogen (secondary N) is 1. The Hall–Kier alpha value is -2.50. The third-order valence-corrected chi connectivity index (χ3v) is 4.79. The summed E-state index contributed by atoms with van der Waals surface area (Å²) < 4.78 is 7.89. The van der Waals surface area contributed by atoms with Crippen molar-refractivity contribution in [1.82, 2.24) is 4.98 Å². The van der Waals surface area contributed by atoms with Gasteiger partial charge in [-0.25, -0.2) is 4.57 Å². The molecule has 7 heteroatoms. The number of para-hydroxylation sites is 1. The Kier molecular flexibility index (Phi) is 4.82. The number of benzene rings is 2. The van der Waals surface area contributed by atoms with Gasteiger partial charge in [0.05, 0.1) is 0 Å². The highest BCUT2D eigenvalue weighted by Gasteiger charge is 2.32. The van der Waals surface area contributed by atoms with Gasteiger partial charge in [-0.05, 0) is 24.3 Å².